The van der Waals surface area contributed by atoms with Crippen LogP contribution >= 0.6 is 0 Å². The third kappa shape index (κ3) is 3.45. The number of aromatic nitrogens is 2. The Kier molecular flexibility index (Phi) is 4.59. The Labute approximate surface area is 139 Å². The highest BCUT2D eigenvalue weighted by atomic mass is 16.5. The van der Waals surface area contributed by atoms with Crippen LogP contribution in [0, 0.1) is 11.8 Å². The lowest BCUT2D eigenvalue weighted by Gasteiger charge is -2.32. The molecule has 1 amide bonds. The maximum atomic E-state index is 12.2. The summed E-state index contributed by atoms with van der Waals surface area (Å²) in [5.74, 6) is -1.38. The first kappa shape index (κ1) is 16.2. The van der Waals surface area contributed by atoms with Crippen molar-refractivity contribution in [2.24, 2.45) is 11.8 Å². The van der Waals surface area contributed by atoms with Crippen LogP contribution in [-0.4, -0.2) is 27.1 Å². The van der Waals surface area contributed by atoms with Gasteiger partial charge in [-0.1, -0.05) is 35.5 Å². The first-order valence-electron chi connectivity index (χ1n) is 7.94. The Hall–Kier alpha value is -2.70. The molecule has 0 bridgehead atoms. The van der Waals surface area contributed by atoms with E-state index in [1.165, 1.54) is 0 Å². The number of aliphatic carboxylic acids is 1. The summed E-state index contributed by atoms with van der Waals surface area (Å²) in [7, 11) is 0. The van der Waals surface area contributed by atoms with Gasteiger partial charge >= 0.3 is 5.97 Å². The second-order valence-corrected chi connectivity index (χ2v) is 6.07. The predicted molar refractivity (Wildman–Crippen MR) is 84.0 cm³/mol. The number of nitrogens with zero attached hydrogens (tertiary/aromatic N) is 2. The van der Waals surface area contributed by atoms with Crippen molar-refractivity contribution in [3.05, 3.63) is 47.6 Å². The Morgan fingerprint density at radius 2 is 2.00 bits per heavy atom. The maximum absolute atomic E-state index is 12.2. The molecule has 1 saturated carbocycles. The highest BCUT2D eigenvalue weighted by Crippen LogP contribution is 2.34. The highest BCUT2D eigenvalue weighted by molar-refractivity contribution is 5.86. The molecule has 0 aliphatic heterocycles. The molecule has 1 aliphatic rings. The average molecular weight is 329 g/mol. The fourth-order valence-corrected chi connectivity index (χ4v) is 2.78. The van der Waals surface area contributed by atoms with Crippen molar-refractivity contribution in [3.8, 4) is 0 Å². The lowest BCUT2D eigenvalue weighted by Crippen LogP contribution is -2.44. The molecular formula is C17H19N3O4. The monoisotopic (exact) mass is 329 g/mol. The Balaban J connectivity index is 1.58. The van der Waals surface area contributed by atoms with Gasteiger partial charge in [-0.15, -0.1) is 0 Å². The first-order valence-corrected chi connectivity index (χ1v) is 7.94. The van der Waals surface area contributed by atoms with E-state index in [0.717, 1.165) is 5.56 Å². The van der Waals surface area contributed by atoms with Gasteiger partial charge in [0, 0.05) is 0 Å². The SMILES string of the molecule is CC(NC(=O)C1CCC1C(=O)O)c1noc(Cc2ccccc2)n1. The van der Waals surface area contributed by atoms with E-state index in [1.54, 1.807) is 6.92 Å². The molecule has 1 fully saturated rings. The maximum Gasteiger partial charge on any atom is 0.307 e. The molecule has 0 spiro atoms. The number of carboxylic acids is 1. The number of hydrogen-bond donors (Lipinski definition) is 2. The van der Waals surface area contributed by atoms with E-state index in [2.05, 4.69) is 15.5 Å². The molecule has 2 N–H and O–H groups in total. The van der Waals surface area contributed by atoms with E-state index in [4.69, 9.17) is 9.63 Å². The van der Waals surface area contributed by atoms with E-state index in [9.17, 15) is 9.59 Å². The van der Waals surface area contributed by atoms with Crippen LogP contribution in [-0.2, 0) is 16.0 Å². The van der Waals surface area contributed by atoms with Gasteiger partial charge < -0.3 is 14.9 Å². The number of nitrogens with one attached hydrogen (secondary N) is 1. The summed E-state index contributed by atoms with van der Waals surface area (Å²) in [5.41, 5.74) is 1.06. The first-order chi connectivity index (χ1) is 11.5. The van der Waals surface area contributed by atoms with Crippen LogP contribution in [0.5, 0.6) is 0 Å². The molecule has 3 unspecified atom stereocenters. The van der Waals surface area contributed by atoms with Gasteiger partial charge in [-0.05, 0) is 25.3 Å². The molecule has 1 aliphatic carbocycles. The number of carbonyl (C=O) groups is 2. The minimum Gasteiger partial charge on any atom is -0.481 e. The zero-order valence-electron chi connectivity index (χ0n) is 13.3. The minimum absolute atomic E-state index is 0.268. The van der Waals surface area contributed by atoms with E-state index in [0.29, 0.717) is 31.0 Å². The van der Waals surface area contributed by atoms with Crippen molar-refractivity contribution >= 4 is 11.9 Å². The van der Waals surface area contributed by atoms with Crippen LogP contribution in [0.2, 0.25) is 0 Å². The summed E-state index contributed by atoms with van der Waals surface area (Å²) in [5, 5.41) is 15.7. The third-order valence-electron chi connectivity index (χ3n) is 4.36. The van der Waals surface area contributed by atoms with E-state index >= 15 is 0 Å². The van der Waals surface area contributed by atoms with E-state index in [1.807, 2.05) is 30.3 Å². The Bertz CT molecular complexity index is 728. The van der Waals surface area contributed by atoms with Gasteiger partial charge in [-0.25, -0.2) is 0 Å². The zero-order valence-corrected chi connectivity index (χ0v) is 13.3. The van der Waals surface area contributed by atoms with E-state index in [-0.39, 0.29) is 5.91 Å². The predicted octanol–water partition coefficient (Wildman–Crippen LogP) is 1.95. The topological polar surface area (TPSA) is 105 Å². The second kappa shape index (κ2) is 6.82. The summed E-state index contributed by atoms with van der Waals surface area (Å²) >= 11 is 0. The lowest BCUT2D eigenvalue weighted by molar-refractivity contribution is -0.152. The molecule has 3 rings (SSSR count). The summed E-state index contributed by atoms with van der Waals surface area (Å²) in [4.78, 5) is 27.5. The molecule has 126 valence electrons. The zero-order chi connectivity index (χ0) is 17.1. The molecule has 2 aromatic rings. The molecule has 3 atom stereocenters. The normalized spacial score (nSPS) is 20.9. The number of rotatable bonds is 6. The van der Waals surface area contributed by atoms with Crippen molar-refractivity contribution in [2.75, 3.05) is 0 Å². The van der Waals surface area contributed by atoms with Crippen LogP contribution in [0.25, 0.3) is 0 Å². The van der Waals surface area contributed by atoms with Gasteiger partial charge in [0.25, 0.3) is 0 Å². The largest absolute Gasteiger partial charge is 0.481 e. The Morgan fingerprint density at radius 3 is 2.62 bits per heavy atom. The smallest absolute Gasteiger partial charge is 0.307 e. The van der Waals surface area contributed by atoms with Gasteiger partial charge in [0.05, 0.1) is 24.3 Å². The number of amides is 1. The van der Waals surface area contributed by atoms with Gasteiger partial charge in [0.1, 0.15) is 0 Å². The van der Waals surface area contributed by atoms with Crippen molar-refractivity contribution < 1.29 is 19.2 Å². The van der Waals surface area contributed by atoms with Crippen LogP contribution in [0.4, 0.5) is 0 Å². The van der Waals surface area contributed by atoms with Crippen LogP contribution < -0.4 is 5.32 Å². The number of carboxylic acid groups (broad SMARTS) is 1. The van der Waals surface area contributed by atoms with Crippen LogP contribution in [0.1, 0.15) is 43.1 Å². The molecule has 7 nitrogen and oxygen atoms in total. The van der Waals surface area contributed by atoms with Gasteiger partial charge in [-0.3, -0.25) is 9.59 Å². The van der Waals surface area contributed by atoms with Gasteiger partial charge in [0.15, 0.2) is 5.82 Å². The summed E-state index contributed by atoms with van der Waals surface area (Å²) in [6.45, 7) is 1.75. The molecule has 1 heterocycles. The van der Waals surface area contributed by atoms with Crippen molar-refractivity contribution in [3.63, 3.8) is 0 Å². The molecule has 0 saturated heterocycles. The fourth-order valence-electron chi connectivity index (χ4n) is 2.78. The molecule has 0 radical (unpaired) electrons. The van der Waals surface area contributed by atoms with Crippen molar-refractivity contribution in [2.45, 2.75) is 32.2 Å². The van der Waals surface area contributed by atoms with Gasteiger partial charge in [0.2, 0.25) is 11.8 Å². The summed E-state index contributed by atoms with van der Waals surface area (Å²) < 4.78 is 5.22. The summed E-state index contributed by atoms with van der Waals surface area (Å²) in [6, 6.07) is 9.32. The minimum atomic E-state index is -0.918. The molecular weight excluding hydrogens is 310 g/mol. The fraction of sp³-hybridized carbons (Fsp3) is 0.412. The van der Waals surface area contributed by atoms with E-state index < -0.39 is 23.8 Å². The standard InChI is InChI=1S/C17H19N3O4/c1-10(18-16(21)12-7-8-13(12)17(22)23)15-19-14(24-20-15)9-11-5-3-2-4-6-11/h2-6,10,12-13H,7-9H2,1H3,(H,18,21)(H,22,23). The number of hydrogen-bond acceptors (Lipinski definition) is 5. The summed E-state index contributed by atoms with van der Waals surface area (Å²) in [6.07, 6.45) is 1.67. The number of benzene rings is 1. The Morgan fingerprint density at radius 1 is 1.29 bits per heavy atom. The van der Waals surface area contributed by atoms with Crippen LogP contribution in [0.3, 0.4) is 0 Å². The lowest BCUT2D eigenvalue weighted by atomic mass is 9.73. The van der Waals surface area contributed by atoms with Crippen LogP contribution in [0.15, 0.2) is 34.9 Å². The van der Waals surface area contributed by atoms with Crippen molar-refractivity contribution in [1.29, 1.82) is 0 Å². The molecule has 24 heavy (non-hydrogen) atoms. The second-order valence-electron chi connectivity index (χ2n) is 6.07. The third-order valence-corrected chi connectivity index (χ3v) is 4.36. The number of carbonyl (C=O) groups excluding carboxylic acids is 1. The molecule has 1 aromatic carbocycles. The molecule has 7 heteroatoms. The quantitative estimate of drug-likeness (QED) is 0.839. The van der Waals surface area contributed by atoms with Crippen molar-refractivity contribution in [1.82, 2.24) is 15.5 Å². The highest BCUT2D eigenvalue weighted by Gasteiger charge is 2.41. The average Bonchev–Trinajstić information content (AvgIpc) is 2.95. The molecule has 1 aromatic heterocycles. The van der Waals surface area contributed by atoms with Gasteiger partial charge in [-0.2, -0.15) is 4.98 Å².